The van der Waals surface area contributed by atoms with Gasteiger partial charge in [0.25, 0.3) is 0 Å². The van der Waals surface area contributed by atoms with E-state index in [0.717, 1.165) is 5.69 Å². The number of benzene rings is 1. The van der Waals surface area contributed by atoms with Crippen molar-refractivity contribution in [2.45, 2.75) is 6.92 Å². The van der Waals surface area contributed by atoms with E-state index >= 15 is 0 Å². The number of rotatable bonds is 4. The fourth-order valence-corrected chi connectivity index (χ4v) is 1.92. The molecule has 0 aliphatic rings. The molecule has 7 nitrogen and oxygen atoms in total. The van der Waals surface area contributed by atoms with Crippen LogP contribution in [0.4, 0.5) is 10.5 Å². The number of aromatic nitrogens is 1. The van der Waals surface area contributed by atoms with Gasteiger partial charge in [-0.05, 0) is 31.2 Å². The van der Waals surface area contributed by atoms with Gasteiger partial charge >= 0.3 is 12.0 Å². The third-order valence-corrected chi connectivity index (χ3v) is 2.87. The molecule has 22 heavy (non-hydrogen) atoms. The Morgan fingerprint density at radius 1 is 1.32 bits per heavy atom. The van der Waals surface area contributed by atoms with E-state index in [1.165, 1.54) is 6.20 Å². The molecule has 0 radical (unpaired) electrons. The van der Waals surface area contributed by atoms with E-state index in [0.29, 0.717) is 5.56 Å². The van der Waals surface area contributed by atoms with Gasteiger partial charge in [0, 0.05) is 18.1 Å². The summed E-state index contributed by atoms with van der Waals surface area (Å²) in [6, 6.07) is 8.01. The molecule has 2 rings (SSSR count). The molecule has 0 spiro atoms. The molecule has 0 unspecified atom stereocenters. The zero-order chi connectivity index (χ0) is 16.1. The predicted octanol–water partition coefficient (Wildman–Crippen LogP) is 2.02. The molecule has 7 heteroatoms. The largest absolute Gasteiger partial charge is 0.462 e. The molecule has 1 aromatic heterocycles. The van der Waals surface area contributed by atoms with Gasteiger partial charge in [-0.15, -0.1) is 0 Å². The summed E-state index contributed by atoms with van der Waals surface area (Å²) < 4.78 is 6.59. The number of nitrogens with zero attached hydrogens (tertiary/aromatic N) is 2. The van der Waals surface area contributed by atoms with E-state index in [1.807, 2.05) is 6.07 Å². The standard InChI is InChI=1S/C15H14N4O3/c1-2-22-14(20)12-8-19(9-13(12)18-15(17)21)11-5-3-10(7-16)4-6-11/h3-6,8-9H,2H2,1H3,(H3,17,18,21). The van der Waals surface area contributed by atoms with Crippen LogP contribution in [-0.2, 0) is 4.74 Å². The summed E-state index contributed by atoms with van der Waals surface area (Å²) in [4.78, 5) is 23.0. The summed E-state index contributed by atoms with van der Waals surface area (Å²) in [6.07, 6.45) is 3.09. The van der Waals surface area contributed by atoms with Crippen LogP contribution in [0.5, 0.6) is 0 Å². The van der Waals surface area contributed by atoms with Crippen molar-refractivity contribution in [1.29, 1.82) is 5.26 Å². The number of nitrogens with two attached hydrogens (primary N) is 1. The number of carbonyl (C=O) groups is 2. The molecule has 1 heterocycles. The molecule has 2 aromatic rings. The number of hydrogen-bond donors (Lipinski definition) is 2. The van der Waals surface area contributed by atoms with E-state index in [9.17, 15) is 9.59 Å². The van der Waals surface area contributed by atoms with Gasteiger partial charge in [-0.2, -0.15) is 5.26 Å². The van der Waals surface area contributed by atoms with Gasteiger partial charge in [-0.3, -0.25) is 0 Å². The van der Waals surface area contributed by atoms with E-state index in [2.05, 4.69) is 5.32 Å². The summed E-state index contributed by atoms with van der Waals surface area (Å²) in [7, 11) is 0. The lowest BCUT2D eigenvalue weighted by atomic mass is 10.2. The van der Waals surface area contributed by atoms with Gasteiger partial charge in [0.2, 0.25) is 0 Å². The van der Waals surface area contributed by atoms with Crippen molar-refractivity contribution in [2.75, 3.05) is 11.9 Å². The molecule has 0 bridgehead atoms. The number of nitrogens with one attached hydrogen (secondary N) is 1. The highest BCUT2D eigenvalue weighted by molar-refractivity contribution is 6.00. The Kier molecular flexibility index (Phi) is 4.44. The number of nitriles is 1. The molecule has 0 fully saturated rings. The number of ether oxygens (including phenoxy) is 1. The zero-order valence-electron chi connectivity index (χ0n) is 11.9. The van der Waals surface area contributed by atoms with Crippen molar-refractivity contribution < 1.29 is 14.3 Å². The number of esters is 1. The first-order valence-corrected chi connectivity index (χ1v) is 6.51. The summed E-state index contributed by atoms with van der Waals surface area (Å²) in [5.41, 5.74) is 6.81. The Balaban J connectivity index is 2.41. The van der Waals surface area contributed by atoms with Crippen LogP contribution in [0.15, 0.2) is 36.7 Å². The average Bonchev–Trinajstić information content (AvgIpc) is 2.90. The second-order valence-corrected chi connectivity index (χ2v) is 4.36. The number of anilines is 1. The van der Waals surface area contributed by atoms with Gasteiger partial charge in [0.15, 0.2) is 0 Å². The highest BCUT2D eigenvalue weighted by Crippen LogP contribution is 2.22. The number of hydrogen-bond acceptors (Lipinski definition) is 4. The molecular weight excluding hydrogens is 284 g/mol. The maximum Gasteiger partial charge on any atom is 0.341 e. The second kappa shape index (κ2) is 6.45. The molecule has 2 amide bonds. The zero-order valence-corrected chi connectivity index (χ0v) is 11.9. The number of amides is 2. The lowest BCUT2D eigenvalue weighted by Gasteiger charge is -2.02. The third kappa shape index (κ3) is 3.24. The van der Waals surface area contributed by atoms with E-state index < -0.39 is 12.0 Å². The first-order valence-electron chi connectivity index (χ1n) is 6.51. The molecule has 0 saturated carbocycles. The maximum atomic E-state index is 11.9. The van der Waals surface area contributed by atoms with Crippen molar-refractivity contribution in [1.82, 2.24) is 4.57 Å². The quantitative estimate of drug-likeness (QED) is 0.841. The highest BCUT2D eigenvalue weighted by atomic mass is 16.5. The molecule has 0 saturated heterocycles. The minimum absolute atomic E-state index is 0.199. The van der Waals surface area contributed by atoms with Crippen LogP contribution in [0.1, 0.15) is 22.8 Å². The Hall–Kier alpha value is -3.27. The van der Waals surface area contributed by atoms with Crippen LogP contribution >= 0.6 is 0 Å². The molecule has 112 valence electrons. The summed E-state index contributed by atoms with van der Waals surface area (Å²) >= 11 is 0. The van der Waals surface area contributed by atoms with Crippen LogP contribution in [0.25, 0.3) is 5.69 Å². The topological polar surface area (TPSA) is 110 Å². The molecule has 3 N–H and O–H groups in total. The Morgan fingerprint density at radius 2 is 2.00 bits per heavy atom. The molecule has 1 aromatic carbocycles. The number of urea groups is 1. The van der Waals surface area contributed by atoms with Crippen molar-refractivity contribution in [3.05, 3.63) is 47.8 Å². The Bertz CT molecular complexity index is 741. The molecular formula is C15H14N4O3. The Morgan fingerprint density at radius 3 is 2.55 bits per heavy atom. The monoisotopic (exact) mass is 298 g/mol. The third-order valence-electron chi connectivity index (χ3n) is 2.87. The first kappa shape index (κ1) is 15.1. The smallest absolute Gasteiger partial charge is 0.341 e. The van der Waals surface area contributed by atoms with Crippen LogP contribution in [0, 0.1) is 11.3 Å². The van der Waals surface area contributed by atoms with Gasteiger partial charge in [0.1, 0.15) is 5.56 Å². The van der Waals surface area contributed by atoms with Crippen molar-refractivity contribution in [3.63, 3.8) is 0 Å². The van der Waals surface area contributed by atoms with Crippen molar-refractivity contribution >= 4 is 17.7 Å². The second-order valence-electron chi connectivity index (χ2n) is 4.36. The average molecular weight is 298 g/mol. The molecule has 0 aliphatic heterocycles. The van der Waals surface area contributed by atoms with Gasteiger partial charge in [-0.1, -0.05) is 0 Å². The summed E-state index contributed by atoms with van der Waals surface area (Å²) in [5, 5.41) is 11.2. The molecule has 0 aliphatic carbocycles. The van der Waals surface area contributed by atoms with E-state index in [1.54, 1.807) is 42.0 Å². The fraction of sp³-hybridized carbons (Fsp3) is 0.133. The molecule has 0 atom stereocenters. The van der Waals surface area contributed by atoms with Gasteiger partial charge in [-0.25, -0.2) is 9.59 Å². The van der Waals surface area contributed by atoms with Crippen LogP contribution in [-0.4, -0.2) is 23.2 Å². The van der Waals surface area contributed by atoms with E-state index in [4.69, 9.17) is 15.7 Å². The van der Waals surface area contributed by atoms with E-state index in [-0.39, 0.29) is 17.9 Å². The highest BCUT2D eigenvalue weighted by Gasteiger charge is 2.17. The minimum atomic E-state index is -0.775. The van der Waals surface area contributed by atoms with Gasteiger partial charge < -0.3 is 20.4 Å². The first-order chi connectivity index (χ1) is 10.5. The number of primary amides is 1. The van der Waals surface area contributed by atoms with Gasteiger partial charge in [0.05, 0.1) is 23.9 Å². The lowest BCUT2D eigenvalue weighted by Crippen LogP contribution is -2.20. The lowest BCUT2D eigenvalue weighted by molar-refractivity contribution is 0.0527. The predicted molar refractivity (Wildman–Crippen MR) is 79.6 cm³/mol. The maximum absolute atomic E-state index is 11.9. The summed E-state index contributed by atoms with van der Waals surface area (Å²) in [5.74, 6) is -0.557. The Labute approximate surface area is 126 Å². The minimum Gasteiger partial charge on any atom is -0.462 e. The fourth-order valence-electron chi connectivity index (χ4n) is 1.92. The SMILES string of the molecule is CCOC(=O)c1cn(-c2ccc(C#N)cc2)cc1NC(N)=O. The van der Waals surface area contributed by atoms with Crippen LogP contribution in [0.2, 0.25) is 0 Å². The van der Waals surface area contributed by atoms with Crippen molar-refractivity contribution in [3.8, 4) is 11.8 Å². The van der Waals surface area contributed by atoms with Crippen LogP contribution in [0.3, 0.4) is 0 Å². The van der Waals surface area contributed by atoms with Crippen LogP contribution < -0.4 is 11.1 Å². The summed E-state index contributed by atoms with van der Waals surface area (Å²) in [6.45, 7) is 1.91. The normalized spacial score (nSPS) is 9.82. The van der Waals surface area contributed by atoms with Crippen molar-refractivity contribution in [2.24, 2.45) is 5.73 Å². The number of carbonyl (C=O) groups excluding carboxylic acids is 2.